The van der Waals surface area contributed by atoms with Crippen LogP contribution in [0.25, 0.3) is 75.8 Å². The molecule has 14 rings (SSSR count). The molecule has 0 aromatic heterocycles. The minimum atomic E-state index is 1.07. The summed E-state index contributed by atoms with van der Waals surface area (Å²) >= 11 is 0. The van der Waals surface area contributed by atoms with Crippen molar-refractivity contribution in [2.45, 2.75) is 25.7 Å². The summed E-state index contributed by atoms with van der Waals surface area (Å²) in [6.45, 7) is 0. The van der Waals surface area contributed by atoms with Crippen LogP contribution in [0, 0.1) is 0 Å². The Hall–Kier alpha value is -4.94. The van der Waals surface area contributed by atoms with E-state index in [0.717, 1.165) is 25.7 Å². The van der Waals surface area contributed by atoms with Gasteiger partial charge in [0.25, 0.3) is 0 Å². The van der Waals surface area contributed by atoms with Gasteiger partial charge in [0, 0.05) is 0 Å². The quantitative estimate of drug-likeness (QED) is 0.173. The summed E-state index contributed by atoms with van der Waals surface area (Å²) in [7, 11) is 0. The topological polar surface area (TPSA) is 0 Å². The van der Waals surface area contributed by atoms with Gasteiger partial charge in [-0.25, -0.2) is 0 Å². The summed E-state index contributed by atoms with van der Waals surface area (Å²) in [5.41, 5.74) is 21.0. The minimum absolute atomic E-state index is 1.07. The maximum atomic E-state index is 2.48. The van der Waals surface area contributed by atoms with E-state index in [1.54, 1.807) is 43.1 Å². The van der Waals surface area contributed by atoms with E-state index in [-0.39, 0.29) is 0 Å². The molecule has 0 bridgehead atoms. The van der Waals surface area contributed by atoms with E-state index in [9.17, 15) is 0 Å². The first kappa shape index (κ1) is 19.2. The molecule has 0 radical (unpaired) electrons. The van der Waals surface area contributed by atoms with Crippen molar-refractivity contribution in [2.75, 3.05) is 0 Å². The van der Waals surface area contributed by atoms with Gasteiger partial charge >= 0.3 is 0 Å². The van der Waals surface area contributed by atoms with Crippen molar-refractivity contribution >= 4 is 75.8 Å². The molecule has 0 heterocycles. The lowest BCUT2D eigenvalue weighted by atomic mass is 9.89. The van der Waals surface area contributed by atoms with E-state index >= 15 is 0 Å². The second-order valence-electron chi connectivity index (χ2n) is 13.8. The van der Waals surface area contributed by atoms with Crippen molar-refractivity contribution in [1.29, 1.82) is 0 Å². The second-order valence-corrected chi connectivity index (χ2v) is 13.8. The summed E-state index contributed by atoms with van der Waals surface area (Å²) in [6, 6.07) is 29.5. The predicted octanol–water partition coefficient (Wildman–Crippen LogP) is 9.86. The van der Waals surface area contributed by atoms with Gasteiger partial charge in [-0.3, -0.25) is 0 Å². The number of hydrogen-bond acceptors (Lipinski definition) is 0. The maximum absolute atomic E-state index is 2.48. The van der Waals surface area contributed by atoms with E-state index in [1.165, 1.54) is 99.5 Å². The van der Waals surface area contributed by atoms with Crippen LogP contribution in [0.4, 0.5) is 0 Å². The normalized spacial score (nSPS) is 16.6. The fourth-order valence-electron chi connectivity index (χ4n) is 10.9. The first-order valence-electron chi connectivity index (χ1n) is 15.5. The third-order valence-corrected chi connectivity index (χ3v) is 12.3. The van der Waals surface area contributed by atoms with E-state index in [0.29, 0.717) is 0 Å². The highest BCUT2D eigenvalue weighted by Gasteiger charge is 2.38. The number of hydrogen-bond donors (Lipinski definition) is 0. The molecule has 0 heteroatoms. The average Bonchev–Trinajstić information content (AvgIpc) is 3.83. The lowest BCUT2D eigenvalue weighted by molar-refractivity contribution is 1.24. The van der Waals surface area contributed by atoms with Gasteiger partial charge < -0.3 is 0 Å². The summed E-state index contributed by atoms with van der Waals surface area (Å²) in [5, 5.41) is 18.6. The van der Waals surface area contributed by atoms with Gasteiger partial charge in [0.2, 0.25) is 0 Å². The van der Waals surface area contributed by atoms with Gasteiger partial charge in [-0.2, -0.15) is 0 Å². The molecule has 0 nitrogen and oxygen atoms in total. The summed E-state index contributed by atoms with van der Waals surface area (Å²) in [6.07, 6.45) is 4.29. The third kappa shape index (κ3) is 1.65. The minimum Gasteiger partial charge on any atom is -0.0578 e. The zero-order chi connectivity index (χ0) is 26.3. The SMILES string of the molecule is c1cc2c3c4c1Cc1ccc5c(c14)c1c(ccc(c31)C2)C5=C1c2ccc3c4c5c(ccc6c5c5c(ccc1c5c24)C6)C3. The summed E-state index contributed by atoms with van der Waals surface area (Å²) in [5.74, 6) is 0. The van der Waals surface area contributed by atoms with Crippen molar-refractivity contribution in [3.63, 3.8) is 0 Å². The van der Waals surface area contributed by atoms with Crippen molar-refractivity contribution in [1.82, 2.24) is 0 Å². The van der Waals surface area contributed by atoms with Crippen LogP contribution in [0.2, 0.25) is 0 Å². The molecule has 0 unspecified atom stereocenters. The molecule has 0 saturated heterocycles. The molecular weight excluding hydrogens is 504 g/mol. The van der Waals surface area contributed by atoms with Gasteiger partial charge in [-0.15, -0.1) is 0 Å². The van der Waals surface area contributed by atoms with Crippen LogP contribution in [-0.4, -0.2) is 0 Å². The van der Waals surface area contributed by atoms with Gasteiger partial charge in [-0.05, 0) is 168 Å². The molecule has 0 saturated carbocycles. The molecule has 6 aliphatic rings. The molecule has 8 aromatic carbocycles. The summed E-state index contributed by atoms with van der Waals surface area (Å²) in [4.78, 5) is 0. The molecule has 0 atom stereocenters. The van der Waals surface area contributed by atoms with E-state index < -0.39 is 0 Å². The standard InChI is InChI=1S/C42H20/c1-2-18-14-22-6-10-26-37(25-9-5-21-13-17(1)29-30(18)34(22)40(26)39(25)33(21)29)38-27-11-7-23-15-19-3-4-20-16-24-8-12-28(38)42-36(24)32(20)31(19)35(23)41(27)42/h1-12H,13-16H2. The first-order chi connectivity index (χ1) is 20.8. The monoisotopic (exact) mass is 524 g/mol. The van der Waals surface area contributed by atoms with Crippen LogP contribution in [0.3, 0.4) is 0 Å². The average molecular weight is 525 g/mol. The largest absolute Gasteiger partial charge is 0.0578 e. The third-order valence-electron chi connectivity index (χ3n) is 12.3. The fraction of sp³-hybridized carbons (Fsp3) is 0.0952. The zero-order valence-electron chi connectivity index (χ0n) is 22.8. The van der Waals surface area contributed by atoms with E-state index in [4.69, 9.17) is 0 Å². The Morgan fingerprint density at radius 3 is 0.643 bits per heavy atom. The van der Waals surface area contributed by atoms with Crippen LogP contribution in [0.1, 0.15) is 66.8 Å². The Labute approximate surface area is 240 Å². The molecular formula is C42H20. The van der Waals surface area contributed by atoms with Gasteiger partial charge in [0.05, 0.1) is 0 Å². The lowest BCUT2D eigenvalue weighted by Crippen LogP contribution is -1.93. The highest BCUT2D eigenvalue weighted by atomic mass is 14.4. The zero-order valence-corrected chi connectivity index (χ0v) is 22.8. The van der Waals surface area contributed by atoms with Crippen LogP contribution in [0.5, 0.6) is 0 Å². The fourth-order valence-corrected chi connectivity index (χ4v) is 10.9. The Morgan fingerprint density at radius 1 is 0.214 bits per heavy atom. The van der Waals surface area contributed by atoms with Gasteiger partial charge in [0.1, 0.15) is 0 Å². The van der Waals surface area contributed by atoms with E-state index in [2.05, 4.69) is 72.8 Å². The van der Waals surface area contributed by atoms with Crippen molar-refractivity contribution in [2.24, 2.45) is 0 Å². The van der Waals surface area contributed by atoms with Crippen LogP contribution in [-0.2, 0) is 25.7 Å². The molecule has 188 valence electrons. The lowest BCUT2D eigenvalue weighted by Gasteiger charge is -2.13. The van der Waals surface area contributed by atoms with Crippen molar-refractivity contribution in [3.05, 3.63) is 140 Å². The van der Waals surface area contributed by atoms with Crippen LogP contribution >= 0.6 is 0 Å². The van der Waals surface area contributed by atoms with Crippen molar-refractivity contribution < 1.29 is 0 Å². The van der Waals surface area contributed by atoms with Gasteiger partial charge in [-0.1, -0.05) is 72.8 Å². The molecule has 42 heavy (non-hydrogen) atoms. The van der Waals surface area contributed by atoms with Gasteiger partial charge in [0.15, 0.2) is 0 Å². The Morgan fingerprint density at radius 2 is 0.405 bits per heavy atom. The van der Waals surface area contributed by atoms with E-state index in [1.807, 2.05) is 0 Å². The molecule has 0 amide bonds. The second kappa shape index (κ2) is 5.59. The highest BCUT2D eigenvalue weighted by Crippen LogP contribution is 2.61. The number of rotatable bonds is 0. The van der Waals surface area contributed by atoms with Crippen molar-refractivity contribution in [3.8, 4) is 0 Å². The molecule has 8 aromatic rings. The smallest absolute Gasteiger partial charge is 0.00106 e. The molecule has 0 spiro atoms. The molecule has 0 fully saturated rings. The van der Waals surface area contributed by atoms with Crippen LogP contribution in [0.15, 0.2) is 72.8 Å². The molecule has 0 N–H and O–H groups in total. The molecule has 6 aliphatic carbocycles. The Bertz CT molecular complexity index is 2530. The predicted molar refractivity (Wildman–Crippen MR) is 174 cm³/mol. The molecule has 0 aliphatic heterocycles. The number of benzene rings is 8. The van der Waals surface area contributed by atoms with Crippen LogP contribution < -0.4 is 0 Å². The highest BCUT2D eigenvalue weighted by molar-refractivity contribution is 6.42. The Balaban J connectivity index is 1.27. The summed E-state index contributed by atoms with van der Waals surface area (Å²) < 4.78 is 0. The Kier molecular flexibility index (Phi) is 2.56. The first-order valence-corrected chi connectivity index (χ1v) is 15.5. The maximum Gasteiger partial charge on any atom is -0.00106 e.